The molecule has 0 saturated carbocycles. The molecule has 1 atom stereocenters. The lowest BCUT2D eigenvalue weighted by Crippen LogP contribution is -2.50. The molecule has 0 radical (unpaired) electrons. The fourth-order valence-corrected chi connectivity index (χ4v) is 5.69. The highest BCUT2D eigenvalue weighted by Crippen LogP contribution is 2.29. The van der Waals surface area contributed by atoms with Crippen LogP contribution in [0, 0.1) is 6.92 Å². The van der Waals surface area contributed by atoms with Crippen LogP contribution >= 0.6 is 0 Å². The van der Waals surface area contributed by atoms with E-state index in [1.165, 1.54) is 0 Å². The van der Waals surface area contributed by atoms with Crippen LogP contribution in [0.2, 0.25) is 0 Å². The van der Waals surface area contributed by atoms with Gasteiger partial charge in [-0.25, -0.2) is 0 Å². The lowest BCUT2D eigenvalue weighted by Gasteiger charge is -2.38. The van der Waals surface area contributed by atoms with Crippen molar-refractivity contribution >= 4 is 29.1 Å². The number of rotatable bonds is 7. The van der Waals surface area contributed by atoms with Crippen molar-refractivity contribution in [1.82, 2.24) is 9.80 Å². The first kappa shape index (κ1) is 27.4. The summed E-state index contributed by atoms with van der Waals surface area (Å²) >= 11 is 0. The predicted molar refractivity (Wildman–Crippen MR) is 159 cm³/mol. The molecular weight excluding hydrogens is 500 g/mol. The summed E-state index contributed by atoms with van der Waals surface area (Å²) in [4.78, 5) is 46.0. The summed E-state index contributed by atoms with van der Waals surface area (Å²) < 4.78 is 0. The van der Waals surface area contributed by atoms with Gasteiger partial charge in [0.15, 0.2) is 0 Å². The zero-order chi connectivity index (χ0) is 28.1. The van der Waals surface area contributed by atoms with Gasteiger partial charge in [0.2, 0.25) is 5.91 Å². The van der Waals surface area contributed by atoms with Crippen molar-refractivity contribution in [2.45, 2.75) is 39.0 Å². The molecule has 3 aromatic carbocycles. The van der Waals surface area contributed by atoms with Gasteiger partial charge in [-0.1, -0.05) is 55.0 Å². The zero-order valence-corrected chi connectivity index (χ0v) is 23.4. The molecule has 2 aliphatic rings. The molecule has 7 nitrogen and oxygen atoms in total. The summed E-state index contributed by atoms with van der Waals surface area (Å²) in [6.45, 7) is 8.03. The molecule has 0 bridgehead atoms. The Kier molecular flexibility index (Phi) is 8.48. The Morgan fingerprint density at radius 2 is 1.48 bits per heavy atom. The number of anilines is 2. The van der Waals surface area contributed by atoms with Crippen molar-refractivity contribution in [3.05, 3.63) is 95.1 Å². The van der Waals surface area contributed by atoms with Gasteiger partial charge in [0.05, 0.1) is 11.5 Å². The second-order valence-corrected chi connectivity index (χ2v) is 10.7. The third-order valence-corrected chi connectivity index (χ3v) is 8.03. The summed E-state index contributed by atoms with van der Waals surface area (Å²) in [5, 5.41) is 2.97. The molecule has 2 aliphatic heterocycles. The van der Waals surface area contributed by atoms with Crippen molar-refractivity contribution in [3.63, 3.8) is 0 Å². The minimum Gasteiger partial charge on any atom is -0.367 e. The van der Waals surface area contributed by atoms with Gasteiger partial charge in [-0.2, -0.15) is 0 Å². The number of hydrogen-bond acceptors (Lipinski definition) is 4. The molecule has 40 heavy (non-hydrogen) atoms. The van der Waals surface area contributed by atoms with Crippen molar-refractivity contribution in [2.75, 3.05) is 49.5 Å². The number of nitrogens with zero attached hydrogens (tertiary/aromatic N) is 3. The molecule has 3 aromatic rings. The smallest absolute Gasteiger partial charge is 0.256 e. The maximum atomic E-state index is 13.6. The van der Waals surface area contributed by atoms with Crippen molar-refractivity contribution in [3.8, 4) is 0 Å². The normalized spacial score (nSPS) is 16.1. The number of amides is 3. The summed E-state index contributed by atoms with van der Waals surface area (Å²) in [7, 11) is 0. The number of piperazine rings is 1. The van der Waals surface area contributed by atoms with Crippen LogP contribution in [0.4, 0.5) is 11.4 Å². The van der Waals surface area contributed by atoms with E-state index in [0.29, 0.717) is 43.0 Å². The molecule has 1 unspecified atom stereocenters. The Bertz CT molecular complexity index is 1340. The molecule has 7 heteroatoms. The second kappa shape index (κ2) is 12.4. The van der Waals surface area contributed by atoms with E-state index in [2.05, 4.69) is 17.1 Å². The Balaban J connectivity index is 1.33. The quantitative estimate of drug-likeness (QED) is 0.442. The van der Waals surface area contributed by atoms with Crippen molar-refractivity contribution in [2.24, 2.45) is 0 Å². The van der Waals surface area contributed by atoms with E-state index in [9.17, 15) is 14.4 Å². The molecule has 208 valence electrons. The molecule has 0 aliphatic carbocycles. The largest absolute Gasteiger partial charge is 0.367 e. The fourth-order valence-electron chi connectivity index (χ4n) is 5.69. The van der Waals surface area contributed by atoms with Gasteiger partial charge in [0, 0.05) is 56.2 Å². The molecule has 2 heterocycles. The number of aryl methyl sites for hydroxylation is 1. The van der Waals surface area contributed by atoms with Crippen LogP contribution in [0.25, 0.3) is 0 Å². The zero-order valence-electron chi connectivity index (χ0n) is 23.4. The lowest BCUT2D eigenvalue weighted by molar-refractivity contribution is -0.133. The van der Waals surface area contributed by atoms with Crippen molar-refractivity contribution < 1.29 is 14.4 Å². The molecule has 1 N–H and O–H groups in total. The minimum atomic E-state index is -0.205. The standard InChI is InChI=1S/C33H38N4O3/c1-3-28(25-9-5-4-6-10-25)32(39)37-21-19-35(20-22-37)30-16-15-27(23-29(30)33(40)36-17-7-8-18-36)34-31(38)26-13-11-24(2)12-14-26/h4-6,9-16,23,28H,3,7-8,17-22H2,1-2H3,(H,34,38). The van der Waals surface area contributed by atoms with Gasteiger partial charge < -0.3 is 20.0 Å². The summed E-state index contributed by atoms with van der Waals surface area (Å²) in [5.74, 6) is -0.191. The van der Waals surface area contributed by atoms with E-state index < -0.39 is 0 Å². The first-order valence-corrected chi connectivity index (χ1v) is 14.3. The first-order valence-electron chi connectivity index (χ1n) is 14.3. The third kappa shape index (κ3) is 6.03. The molecule has 2 fully saturated rings. The number of carbonyl (C=O) groups excluding carboxylic acids is 3. The summed E-state index contributed by atoms with van der Waals surface area (Å²) in [6.07, 6.45) is 2.77. The van der Waals surface area contributed by atoms with Gasteiger partial charge in [0.1, 0.15) is 0 Å². The Morgan fingerprint density at radius 3 is 2.12 bits per heavy atom. The maximum absolute atomic E-state index is 13.6. The average Bonchev–Trinajstić information content (AvgIpc) is 3.53. The van der Waals surface area contributed by atoms with E-state index in [4.69, 9.17) is 0 Å². The fraction of sp³-hybridized carbons (Fsp3) is 0.364. The van der Waals surface area contributed by atoms with E-state index in [0.717, 1.165) is 49.2 Å². The van der Waals surface area contributed by atoms with Gasteiger partial charge in [-0.3, -0.25) is 14.4 Å². The van der Waals surface area contributed by atoms with Crippen molar-refractivity contribution in [1.29, 1.82) is 0 Å². The lowest BCUT2D eigenvalue weighted by atomic mass is 9.94. The highest BCUT2D eigenvalue weighted by molar-refractivity contribution is 6.06. The predicted octanol–water partition coefficient (Wildman–Crippen LogP) is 5.33. The molecule has 5 rings (SSSR count). The van der Waals surface area contributed by atoms with Crippen LogP contribution in [0.5, 0.6) is 0 Å². The molecule has 3 amide bonds. The monoisotopic (exact) mass is 538 g/mol. The number of likely N-dealkylation sites (tertiary alicyclic amines) is 1. The van der Waals surface area contributed by atoms with E-state index >= 15 is 0 Å². The van der Waals surface area contributed by atoms with Crippen LogP contribution < -0.4 is 10.2 Å². The van der Waals surface area contributed by atoms with Gasteiger partial charge >= 0.3 is 0 Å². The summed E-state index contributed by atoms with van der Waals surface area (Å²) in [5.41, 5.74) is 4.76. The number of nitrogens with one attached hydrogen (secondary N) is 1. The van der Waals surface area contributed by atoms with Gasteiger partial charge in [-0.15, -0.1) is 0 Å². The number of carbonyl (C=O) groups is 3. The first-order chi connectivity index (χ1) is 19.4. The van der Waals surface area contributed by atoms with Crippen LogP contribution in [0.15, 0.2) is 72.8 Å². The van der Waals surface area contributed by atoms with E-state index in [-0.39, 0.29) is 23.6 Å². The van der Waals surface area contributed by atoms with Crippen LogP contribution in [0.3, 0.4) is 0 Å². The number of benzene rings is 3. The van der Waals surface area contributed by atoms with Crippen LogP contribution in [-0.2, 0) is 4.79 Å². The Morgan fingerprint density at radius 1 is 0.800 bits per heavy atom. The van der Waals surface area contributed by atoms with Crippen LogP contribution in [-0.4, -0.2) is 66.8 Å². The Hall–Kier alpha value is -4.13. The third-order valence-electron chi connectivity index (χ3n) is 8.03. The van der Waals surface area contributed by atoms with Gasteiger partial charge in [0.25, 0.3) is 11.8 Å². The number of hydrogen-bond donors (Lipinski definition) is 1. The summed E-state index contributed by atoms with van der Waals surface area (Å²) in [6, 6.07) is 23.0. The average molecular weight is 539 g/mol. The topological polar surface area (TPSA) is 73.0 Å². The molecule has 0 spiro atoms. The van der Waals surface area contributed by atoms with Gasteiger partial charge in [-0.05, 0) is 62.1 Å². The molecule has 2 saturated heterocycles. The minimum absolute atomic E-state index is 0.00688. The van der Waals surface area contributed by atoms with E-state index in [1.807, 2.05) is 77.4 Å². The SMILES string of the molecule is CCC(C(=O)N1CCN(c2ccc(NC(=O)c3ccc(C)cc3)cc2C(=O)N2CCCC2)CC1)c1ccccc1. The van der Waals surface area contributed by atoms with E-state index in [1.54, 1.807) is 12.1 Å². The Labute approximate surface area is 236 Å². The second-order valence-electron chi connectivity index (χ2n) is 10.7. The maximum Gasteiger partial charge on any atom is 0.256 e. The van der Waals surface area contributed by atoms with Crippen LogP contribution in [0.1, 0.15) is 63.9 Å². The molecular formula is C33H38N4O3. The highest BCUT2D eigenvalue weighted by atomic mass is 16.2. The highest BCUT2D eigenvalue weighted by Gasteiger charge is 2.30. The molecule has 0 aromatic heterocycles.